The van der Waals surface area contributed by atoms with Crippen molar-refractivity contribution in [3.8, 4) is 11.5 Å². The number of sulfonamides is 1. The highest BCUT2D eigenvalue weighted by atomic mass is 32.2. The first kappa shape index (κ1) is 14.6. The second kappa shape index (κ2) is 5.47. The van der Waals surface area contributed by atoms with E-state index in [1.54, 1.807) is 12.1 Å². The Morgan fingerprint density at radius 2 is 1.86 bits per heavy atom. The fourth-order valence-electron chi connectivity index (χ4n) is 2.53. The van der Waals surface area contributed by atoms with E-state index < -0.39 is 10.0 Å². The first-order chi connectivity index (χ1) is 9.98. The van der Waals surface area contributed by atoms with E-state index in [1.807, 2.05) is 13.8 Å². The van der Waals surface area contributed by atoms with Crippen molar-refractivity contribution in [3.05, 3.63) is 18.2 Å². The molecule has 1 fully saturated rings. The van der Waals surface area contributed by atoms with Crippen LogP contribution in [-0.2, 0) is 14.8 Å². The van der Waals surface area contributed by atoms with Crippen LogP contribution in [-0.4, -0.2) is 51.2 Å². The molecule has 1 saturated heterocycles. The van der Waals surface area contributed by atoms with Gasteiger partial charge in [-0.15, -0.1) is 0 Å². The van der Waals surface area contributed by atoms with E-state index in [0.29, 0.717) is 37.9 Å². The zero-order valence-corrected chi connectivity index (χ0v) is 12.9. The van der Waals surface area contributed by atoms with Gasteiger partial charge in [0.05, 0.1) is 17.6 Å². The molecular weight excluding hydrogens is 294 g/mol. The van der Waals surface area contributed by atoms with Crippen molar-refractivity contribution in [2.45, 2.75) is 30.9 Å². The number of hydrogen-bond acceptors (Lipinski definition) is 5. The molecule has 1 aromatic carbocycles. The van der Waals surface area contributed by atoms with Gasteiger partial charge in [0.2, 0.25) is 10.0 Å². The van der Waals surface area contributed by atoms with Gasteiger partial charge in [-0.3, -0.25) is 0 Å². The first-order valence-corrected chi connectivity index (χ1v) is 8.45. The van der Waals surface area contributed by atoms with Crippen LogP contribution in [0.15, 0.2) is 23.1 Å². The van der Waals surface area contributed by atoms with Crippen LogP contribution in [0.5, 0.6) is 11.5 Å². The van der Waals surface area contributed by atoms with E-state index in [4.69, 9.17) is 14.2 Å². The molecule has 0 N–H and O–H groups in total. The monoisotopic (exact) mass is 313 g/mol. The van der Waals surface area contributed by atoms with Gasteiger partial charge in [0.25, 0.3) is 0 Å². The SMILES string of the molecule is C[C@@H]1CN(S(=O)(=O)c2ccc3c(c2)OCCO3)[C@H](C)CO1. The third-order valence-corrected chi connectivity index (χ3v) is 5.65. The lowest BCUT2D eigenvalue weighted by Gasteiger charge is -2.35. The molecule has 2 aliphatic heterocycles. The van der Waals surface area contributed by atoms with Gasteiger partial charge in [0, 0.05) is 18.7 Å². The third kappa shape index (κ3) is 2.73. The third-order valence-electron chi connectivity index (χ3n) is 3.67. The second-order valence-electron chi connectivity index (χ2n) is 5.37. The molecule has 3 rings (SSSR count). The zero-order valence-electron chi connectivity index (χ0n) is 12.1. The van der Waals surface area contributed by atoms with Crippen LogP contribution in [0.25, 0.3) is 0 Å². The highest BCUT2D eigenvalue weighted by Crippen LogP contribution is 2.34. The molecule has 0 spiro atoms. The lowest BCUT2D eigenvalue weighted by molar-refractivity contribution is -0.0170. The van der Waals surface area contributed by atoms with Crippen molar-refractivity contribution in [1.82, 2.24) is 4.31 Å². The molecule has 0 radical (unpaired) electrons. The molecular formula is C14H19NO5S. The summed E-state index contributed by atoms with van der Waals surface area (Å²) >= 11 is 0. The van der Waals surface area contributed by atoms with Gasteiger partial charge in [-0.2, -0.15) is 4.31 Å². The molecule has 2 atom stereocenters. The average Bonchev–Trinajstić information content (AvgIpc) is 2.49. The molecule has 1 aromatic rings. The van der Waals surface area contributed by atoms with Crippen LogP contribution in [0, 0.1) is 0 Å². The summed E-state index contributed by atoms with van der Waals surface area (Å²) in [5.41, 5.74) is 0. The Bertz CT molecular complexity index is 630. The molecule has 0 unspecified atom stereocenters. The van der Waals surface area contributed by atoms with Crippen LogP contribution in [0.2, 0.25) is 0 Å². The van der Waals surface area contributed by atoms with E-state index in [-0.39, 0.29) is 17.0 Å². The molecule has 0 amide bonds. The van der Waals surface area contributed by atoms with Crippen LogP contribution in [0.1, 0.15) is 13.8 Å². The average molecular weight is 313 g/mol. The molecule has 116 valence electrons. The Hall–Kier alpha value is -1.31. The minimum atomic E-state index is -3.56. The number of ether oxygens (including phenoxy) is 3. The van der Waals surface area contributed by atoms with E-state index in [0.717, 1.165) is 0 Å². The largest absolute Gasteiger partial charge is 0.486 e. The highest BCUT2D eigenvalue weighted by Gasteiger charge is 2.34. The Kier molecular flexibility index (Phi) is 3.81. The Morgan fingerprint density at radius 3 is 2.62 bits per heavy atom. The second-order valence-corrected chi connectivity index (χ2v) is 7.26. The number of hydrogen-bond donors (Lipinski definition) is 0. The van der Waals surface area contributed by atoms with Gasteiger partial charge in [-0.1, -0.05) is 0 Å². The maximum Gasteiger partial charge on any atom is 0.243 e. The van der Waals surface area contributed by atoms with E-state index in [9.17, 15) is 8.42 Å². The fourth-order valence-corrected chi connectivity index (χ4v) is 4.23. The number of rotatable bonds is 2. The van der Waals surface area contributed by atoms with Gasteiger partial charge in [0.15, 0.2) is 11.5 Å². The van der Waals surface area contributed by atoms with Crippen LogP contribution >= 0.6 is 0 Å². The van der Waals surface area contributed by atoms with Crippen molar-refractivity contribution in [3.63, 3.8) is 0 Å². The minimum absolute atomic E-state index is 0.104. The van der Waals surface area contributed by atoms with Crippen LogP contribution < -0.4 is 9.47 Å². The lowest BCUT2D eigenvalue weighted by atomic mass is 10.2. The van der Waals surface area contributed by atoms with Crippen molar-refractivity contribution in [2.24, 2.45) is 0 Å². The van der Waals surface area contributed by atoms with Crippen LogP contribution in [0.4, 0.5) is 0 Å². The molecule has 2 heterocycles. The Labute approximate surface area is 124 Å². The summed E-state index contributed by atoms with van der Waals surface area (Å²) in [5, 5.41) is 0. The predicted octanol–water partition coefficient (Wildman–Crippen LogP) is 1.26. The normalized spacial score (nSPS) is 26.6. The lowest BCUT2D eigenvalue weighted by Crippen LogP contribution is -2.50. The summed E-state index contributed by atoms with van der Waals surface area (Å²) < 4.78 is 43.5. The minimum Gasteiger partial charge on any atom is -0.486 e. The van der Waals surface area contributed by atoms with Gasteiger partial charge in [-0.05, 0) is 26.0 Å². The molecule has 21 heavy (non-hydrogen) atoms. The summed E-state index contributed by atoms with van der Waals surface area (Å²) in [6.45, 7) is 5.40. The molecule has 6 nitrogen and oxygen atoms in total. The van der Waals surface area contributed by atoms with E-state index in [1.165, 1.54) is 10.4 Å². The van der Waals surface area contributed by atoms with Crippen molar-refractivity contribution in [1.29, 1.82) is 0 Å². The Morgan fingerprint density at radius 1 is 1.14 bits per heavy atom. The summed E-state index contributed by atoms with van der Waals surface area (Å²) in [4.78, 5) is 0.229. The van der Waals surface area contributed by atoms with Crippen molar-refractivity contribution in [2.75, 3.05) is 26.4 Å². The summed E-state index contributed by atoms with van der Waals surface area (Å²) in [6.07, 6.45) is -0.104. The number of morpholine rings is 1. The van der Waals surface area contributed by atoms with Gasteiger partial charge in [0.1, 0.15) is 13.2 Å². The quantitative estimate of drug-likeness (QED) is 0.822. The first-order valence-electron chi connectivity index (χ1n) is 7.01. The maximum atomic E-state index is 12.8. The molecule has 0 saturated carbocycles. The topological polar surface area (TPSA) is 65.1 Å². The van der Waals surface area contributed by atoms with E-state index in [2.05, 4.69) is 0 Å². The number of nitrogens with zero attached hydrogens (tertiary/aromatic N) is 1. The van der Waals surface area contributed by atoms with E-state index >= 15 is 0 Å². The number of fused-ring (bicyclic) bond motifs is 1. The molecule has 2 aliphatic rings. The summed E-state index contributed by atoms with van der Waals surface area (Å²) in [5.74, 6) is 1.07. The van der Waals surface area contributed by atoms with Gasteiger partial charge in [-0.25, -0.2) is 8.42 Å². The zero-order chi connectivity index (χ0) is 15.0. The fraction of sp³-hybridized carbons (Fsp3) is 0.571. The van der Waals surface area contributed by atoms with Crippen molar-refractivity contribution < 1.29 is 22.6 Å². The highest BCUT2D eigenvalue weighted by molar-refractivity contribution is 7.89. The van der Waals surface area contributed by atoms with Crippen molar-refractivity contribution >= 4 is 10.0 Å². The van der Waals surface area contributed by atoms with Crippen LogP contribution in [0.3, 0.4) is 0 Å². The maximum absolute atomic E-state index is 12.8. The smallest absolute Gasteiger partial charge is 0.243 e. The predicted molar refractivity (Wildman–Crippen MR) is 76.2 cm³/mol. The summed E-state index contributed by atoms with van der Waals surface area (Å²) in [6, 6.07) is 4.57. The Balaban J connectivity index is 1.94. The molecule has 7 heteroatoms. The summed E-state index contributed by atoms with van der Waals surface area (Å²) in [7, 11) is -3.56. The standard InChI is InChI=1S/C14H19NO5S/c1-10-9-20-11(2)8-15(10)21(16,17)12-3-4-13-14(7-12)19-6-5-18-13/h3-4,7,10-11H,5-6,8-9H2,1-2H3/t10-,11-/m1/s1. The molecule has 0 bridgehead atoms. The molecule has 0 aliphatic carbocycles. The van der Waals surface area contributed by atoms with Gasteiger partial charge < -0.3 is 14.2 Å². The van der Waals surface area contributed by atoms with Gasteiger partial charge >= 0.3 is 0 Å². The molecule has 0 aromatic heterocycles. The number of benzene rings is 1.